The van der Waals surface area contributed by atoms with E-state index in [1.54, 1.807) is 11.3 Å². The lowest BCUT2D eigenvalue weighted by atomic mass is 10.2. The number of nitrogens with one attached hydrogen (secondary N) is 1. The predicted molar refractivity (Wildman–Crippen MR) is 71.1 cm³/mol. The SMILES string of the molecule is Cc1noc(CCNC2CCc3sc(Cl)cc32)n1. The second kappa shape index (κ2) is 4.99. The Morgan fingerprint density at radius 1 is 1.61 bits per heavy atom. The van der Waals surface area contributed by atoms with Gasteiger partial charge in [-0.3, -0.25) is 0 Å². The molecule has 4 nitrogen and oxygen atoms in total. The normalized spacial score (nSPS) is 18.2. The highest BCUT2D eigenvalue weighted by molar-refractivity contribution is 7.16. The van der Waals surface area contributed by atoms with Crippen molar-refractivity contribution in [1.82, 2.24) is 15.5 Å². The molecule has 0 amide bonds. The first-order valence-electron chi connectivity index (χ1n) is 6.03. The Morgan fingerprint density at radius 3 is 3.28 bits per heavy atom. The third-order valence-corrected chi connectivity index (χ3v) is 4.49. The van der Waals surface area contributed by atoms with Crippen LogP contribution < -0.4 is 5.32 Å². The number of aromatic nitrogens is 2. The van der Waals surface area contributed by atoms with E-state index in [1.165, 1.54) is 10.4 Å². The Morgan fingerprint density at radius 2 is 2.50 bits per heavy atom. The molecule has 1 atom stereocenters. The minimum Gasteiger partial charge on any atom is -0.339 e. The summed E-state index contributed by atoms with van der Waals surface area (Å²) < 4.78 is 5.97. The van der Waals surface area contributed by atoms with Gasteiger partial charge in [0.15, 0.2) is 5.82 Å². The first kappa shape index (κ1) is 12.1. The number of fused-ring (bicyclic) bond motifs is 1. The molecule has 18 heavy (non-hydrogen) atoms. The Kier molecular flexibility index (Phi) is 3.37. The molecule has 1 aliphatic rings. The molecule has 0 bridgehead atoms. The average molecular weight is 284 g/mol. The lowest BCUT2D eigenvalue weighted by molar-refractivity contribution is 0.369. The van der Waals surface area contributed by atoms with Crippen LogP contribution in [-0.2, 0) is 12.8 Å². The molecule has 96 valence electrons. The lowest BCUT2D eigenvalue weighted by Gasteiger charge is -2.11. The van der Waals surface area contributed by atoms with Crippen LogP contribution in [0.25, 0.3) is 0 Å². The third-order valence-electron chi connectivity index (χ3n) is 3.15. The summed E-state index contributed by atoms with van der Waals surface area (Å²) in [4.78, 5) is 5.61. The first-order valence-corrected chi connectivity index (χ1v) is 7.22. The van der Waals surface area contributed by atoms with Gasteiger partial charge in [0.05, 0.1) is 4.34 Å². The summed E-state index contributed by atoms with van der Waals surface area (Å²) in [5.74, 6) is 1.39. The Hall–Kier alpha value is -0.910. The van der Waals surface area contributed by atoms with E-state index in [1.807, 2.05) is 6.92 Å². The van der Waals surface area contributed by atoms with Crippen LogP contribution in [0.3, 0.4) is 0 Å². The van der Waals surface area contributed by atoms with Crippen LogP contribution in [0.4, 0.5) is 0 Å². The van der Waals surface area contributed by atoms with E-state index >= 15 is 0 Å². The highest BCUT2D eigenvalue weighted by Gasteiger charge is 2.24. The van der Waals surface area contributed by atoms with Gasteiger partial charge >= 0.3 is 0 Å². The van der Waals surface area contributed by atoms with Crippen LogP contribution in [0.15, 0.2) is 10.6 Å². The maximum Gasteiger partial charge on any atom is 0.227 e. The predicted octanol–water partition coefficient (Wildman–Crippen LogP) is 2.91. The van der Waals surface area contributed by atoms with Crippen LogP contribution in [0.1, 0.15) is 34.6 Å². The minimum absolute atomic E-state index is 0.424. The van der Waals surface area contributed by atoms with E-state index in [9.17, 15) is 0 Å². The van der Waals surface area contributed by atoms with Gasteiger partial charge in [0.25, 0.3) is 0 Å². The van der Waals surface area contributed by atoms with Crippen LogP contribution in [0.5, 0.6) is 0 Å². The van der Waals surface area contributed by atoms with Crippen molar-refractivity contribution in [3.63, 3.8) is 0 Å². The first-order chi connectivity index (χ1) is 8.72. The van der Waals surface area contributed by atoms with E-state index in [0.29, 0.717) is 17.8 Å². The van der Waals surface area contributed by atoms with Crippen molar-refractivity contribution in [3.05, 3.63) is 32.6 Å². The molecule has 2 aromatic rings. The number of thiophene rings is 1. The van der Waals surface area contributed by atoms with Crippen LogP contribution in [0, 0.1) is 6.92 Å². The average Bonchev–Trinajstić information content (AvgIpc) is 2.97. The van der Waals surface area contributed by atoms with Crippen LogP contribution in [0.2, 0.25) is 4.34 Å². The molecule has 1 N–H and O–H groups in total. The molecule has 0 fully saturated rings. The quantitative estimate of drug-likeness (QED) is 0.937. The zero-order chi connectivity index (χ0) is 12.5. The number of hydrogen-bond donors (Lipinski definition) is 1. The number of halogens is 1. The number of nitrogens with zero attached hydrogens (tertiary/aromatic N) is 2. The van der Waals surface area contributed by atoms with Crippen molar-refractivity contribution in [2.24, 2.45) is 0 Å². The molecule has 1 aliphatic carbocycles. The maximum atomic E-state index is 6.03. The zero-order valence-corrected chi connectivity index (χ0v) is 11.6. The number of hydrogen-bond acceptors (Lipinski definition) is 5. The lowest BCUT2D eigenvalue weighted by Crippen LogP contribution is -2.21. The van der Waals surface area contributed by atoms with Crippen LogP contribution in [-0.4, -0.2) is 16.7 Å². The van der Waals surface area contributed by atoms with E-state index < -0.39 is 0 Å². The molecule has 6 heteroatoms. The third kappa shape index (κ3) is 2.43. The standard InChI is InChI=1S/C12H14ClN3OS/c1-7-15-12(17-16-7)4-5-14-9-2-3-10-8(9)6-11(13)18-10/h6,9,14H,2-5H2,1H3. The fourth-order valence-corrected chi connectivity index (χ4v) is 3.69. The summed E-state index contributed by atoms with van der Waals surface area (Å²) in [7, 11) is 0. The Balaban J connectivity index is 1.55. The van der Waals surface area contributed by atoms with Gasteiger partial charge in [0.2, 0.25) is 5.89 Å². The number of aryl methyl sites for hydroxylation is 2. The monoisotopic (exact) mass is 283 g/mol. The molecule has 0 spiro atoms. The highest BCUT2D eigenvalue weighted by atomic mass is 35.5. The summed E-state index contributed by atoms with van der Waals surface area (Å²) in [6, 6.07) is 2.51. The second-order valence-electron chi connectivity index (χ2n) is 4.46. The largest absolute Gasteiger partial charge is 0.339 e. The van der Waals surface area contributed by atoms with Crippen molar-refractivity contribution < 1.29 is 4.52 Å². The topological polar surface area (TPSA) is 51.0 Å². The molecule has 3 rings (SSSR count). The Labute approximate surface area is 114 Å². The Bertz CT molecular complexity index is 551. The van der Waals surface area contributed by atoms with Gasteiger partial charge in [-0.1, -0.05) is 16.8 Å². The van der Waals surface area contributed by atoms with Gasteiger partial charge in [0.1, 0.15) is 0 Å². The summed E-state index contributed by atoms with van der Waals surface area (Å²) in [6.45, 7) is 2.68. The van der Waals surface area contributed by atoms with Crippen molar-refractivity contribution in [1.29, 1.82) is 0 Å². The molecule has 0 saturated carbocycles. The molecule has 0 saturated heterocycles. The summed E-state index contributed by atoms with van der Waals surface area (Å²) >= 11 is 7.73. The zero-order valence-electron chi connectivity index (χ0n) is 10.1. The van der Waals surface area contributed by atoms with Gasteiger partial charge in [-0.05, 0) is 31.4 Å². The molecule has 1 unspecified atom stereocenters. The van der Waals surface area contributed by atoms with E-state index in [-0.39, 0.29) is 0 Å². The van der Waals surface area contributed by atoms with Crippen molar-refractivity contribution in [2.45, 2.75) is 32.2 Å². The summed E-state index contributed by atoms with van der Waals surface area (Å²) in [6.07, 6.45) is 3.05. The minimum atomic E-state index is 0.424. The fourth-order valence-electron chi connectivity index (χ4n) is 2.34. The fraction of sp³-hybridized carbons (Fsp3) is 0.500. The summed E-state index contributed by atoms with van der Waals surface area (Å²) in [5, 5.41) is 7.31. The van der Waals surface area contributed by atoms with E-state index in [0.717, 1.165) is 30.1 Å². The van der Waals surface area contributed by atoms with E-state index in [2.05, 4.69) is 21.5 Å². The second-order valence-corrected chi connectivity index (χ2v) is 6.23. The molecule has 0 aromatic carbocycles. The number of rotatable bonds is 4. The van der Waals surface area contributed by atoms with Crippen molar-refractivity contribution in [3.8, 4) is 0 Å². The smallest absolute Gasteiger partial charge is 0.227 e. The van der Waals surface area contributed by atoms with Gasteiger partial charge in [-0.15, -0.1) is 11.3 Å². The molecule has 0 aliphatic heterocycles. The van der Waals surface area contributed by atoms with Gasteiger partial charge < -0.3 is 9.84 Å². The van der Waals surface area contributed by atoms with Gasteiger partial charge in [-0.25, -0.2) is 0 Å². The molecular formula is C12H14ClN3OS. The molecular weight excluding hydrogens is 270 g/mol. The molecule has 2 heterocycles. The highest BCUT2D eigenvalue weighted by Crippen LogP contribution is 2.39. The van der Waals surface area contributed by atoms with Crippen molar-refractivity contribution in [2.75, 3.05) is 6.54 Å². The van der Waals surface area contributed by atoms with Gasteiger partial charge in [0, 0.05) is 23.9 Å². The maximum absolute atomic E-state index is 6.03. The van der Waals surface area contributed by atoms with Crippen molar-refractivity contribution >= 4 is 22.9 Å². The van der Waals surface area contributed by atoms with Gasteiger partial charge in [-0.2, -0.15) is 4.98 Å². The summed E-state index contributed by atoms with van der Waals surface area (Å²) in [5.41, 5.74) is 1.37. The molecule has 2 aromatic heterocycles. The van der Waals surface area contributed by atoms with Crippen LogP contribution >= 0.6 is 22.9 Å². The van der Waals surface area contributed by atoms with E-state index in [4.69, 9.17) is 16.1 Å². The molecule has 0 radical (unpaired) electrons.